The van der Waals surface area contributed by atoms with Crippen molar-refractivity contribution in [2.45, 2.75) is 13.3 Å². The molecule has 0 aromatic heterocycles. The summed E-state index contributed by atoms with van der Waals surface area (Å²) in [6.07, 6.45) is 0.827. The van der Waals surface area contributed by atoms with E-state index < -0.39 is 0 Å². The summed E-state index contributed by atoms with van der Waals surface area (Å²) in [6, 6.07) is 18.4. The Morgan fingerprint density at radius 1 is 0.926 bits per heavy atom. The summed E-state index contributed by atoms with van der Waals surface area (Å²) >= 11 is 0. The Morgan fingerprint density at radius 3 is 2.30 bits per heavy atom. The third-order valence-corrected chi connectivity index (χ3v) is 4.77. The van der Waals surface area contributed by atoms with Crippen molar-refractivity contribution in [3.8, 4) is 5.75 Å². The fourth-order valence-electron chi connectivity index (χ4n) is 3.09. The highest BCUT2D eigenvalue weighted by Gasteiger charge is 2.14. The number of hydrogen-bond donors (Lipinski definition) is 0. The van der Waals surface area contributed by atoms with Gasteiger partial charge in [0.05, 0.1) is 5.71 Å². The van der Waals surface area contributed by atoms with Gasteiger partial charge in [-0.1, -0.05) is 42.4 Å². The maximum atomic E-state index is 5.61. The third kappa shape index (κ3) is 5.73. The number of piperazine rings is 1. The number of ether oxygens (including phenoxy) is 1. The van der Waals surface area contributed by atoms with Crippen LogP contribution in [0.2, 0.25) is 0 Å². The summed E-state index contributed by atoms with van der Waals surface area (Å²) in [5.74, 6) is 0.847. The number of benzene rings is 2. The standard InChI is InChI=1S/C22H29N3O2/c1-3-22(23-27-18-17-26-21-7-5-4-6-8-21)19-9-11-20(12-10-19)25-15-13-24(2)14-16-25/h4-12H,3,13-18H2,1-2H3/b23-22+. The Morgan fingerprint density at radius 2 is 1.63 bits per heavy atom. The van der Waals surface area contributed by atoms with Crippen LogP contribution in [0.3, 0.4) is 0 Å². The quantitative estimate of drug-likeness (QED) is 0.405. The molecule has 2 aromatic carbocycles. The van der Waals surface area contributed by atoms with Gasteiger partial charge in [-0.05, 0) is 43.3 Å². The molecule has 0 N–H and O–H groups in total. The molecule has 0 spiro atoms. The van der Waals surface area contributed by atoms with Gasteiger partial charge < -0.3 is 19.4 Å². The van der Waals surface area contributed by atoms with Crippen LogP contribution in [0.1, 0.15) is 18.9 Å². The molecule has 1 saturated heterocycles. The highest BCUT2D eigenvalue weighted by atomic mass is 16.6. The number of likely N-dealkylation sites (N-methyl/N-ethyl adjacent to an activating group) is 1. The molecule has 1 fully saturated rings. The smallest absolute Gasteiger partial charge is 0.151 e. The van der Waals surface area contributed by atoms with E-state index in [1.54, 1.807) is 0 Å². The minimum absolute atomic E-state index is 0.428. The summed E-state index contributed by atoms with van der Waals surface area (Å²) in [5.41, 5.74) is 3.35. The zero-order valence-corrected chi connectivity index (χ0v) is 16.3. The second-order valence-corrected chi connectivity index (χ2v) is 6.72. The first-order valence-electron chi connectivity index (χ1n) is 9.67. The predicted molar refractivity (Wildman–Crippen MR) is 111 cm³/mol. The average molecular weight is 367 g/mol. The molecule has 0 saturated carbocycles. The second kappa shape index (κ2) is 9.97. The van der Waals surface area contributed by atoms with Crippen molar-refractivity contribution in [2.75, 3.05) is 51.3 Å². The van der Waals surface area contributed by atoms with Gasteiger partial charge in [0.15, 0.2) is 6.61 Å². The van der Waals surface area contributed by atoms with Crippen molar-refractivity contribution in [3.63, 3.8) is 0 Å². The number of nitrogens with zero attached hydrogens (tertiary/aromatic N) is 3. The molecule has 0 amide bonds. The number of rotatable bonds is 8. The molecular weight excluding hydrogens is 338 g/mol. The van der Waals surface area contributed by atoms with Gasteiger partial charge in [0.1, 0.15) is 12.4 Å². The predicted octanol–water partition coefficient (Wildman–Crippen LogP) is 3.65. The summed E-state index contributed by atoms with van der Waals surface area (Å²) in [7, 11) is 2.18. The Kier molecular flexibility index (Phi) is 7.11. The van der Waals surface area contributed by atoms with Gasteiger partial charge in [-0.2, -0.15) is 0 Å². The monoisotopic (exact) mass is 367 g/mol. The fourth-order valence-corrected chi connectivity index (χ4v) is 3.09. The highest BCUT2D eigenvalue weighted by Crippen LogP contribution is 2.18. The molecule has 5 heteroatoms. The van der Waals surface area contributed by atoms with Crippen LogP contribution in [-0.4, -0.2) is 57.1 Å². The normalized spacial score (nSPS) is 15.6. The molecule has 0 atom stereocenters. The number of para-hydroxylation sites is 1. The number of oxime groups is 1. The van der Waals surface area contributed by atoms with Crippen LogP contribution in [-0.2, 0) is 4.84 Å². The van der Waals surface area contributed by atoms with Crippen molar-refractivity contribution in [1.82, 2.24) is 4.90 Å². The summed E-state index contributed by atoms with van der Waals surface area (Å²) < 4.78 is 5.61. The molecule has 27 heavy (non-hydrogen) atoms. The Labute approximate surface area is 162 Å². The van der Waals surface area contributed by atoms with Gasteiger partial charge >= 0.3 is 0 Å². The van der Waals surface area contributed by atoms with Crippen LogP contribution in [0.4, 0.5) is 5.69 Å². The molecule has 0 radical (unpaired) electrons. The molecule has 5 nitrogen and oxygen atoms in total. The lowest BCUT2D eigenvalue weighted by molar-refractivity contribution is 0.107. The Bertz CT molecular complexity index is 708. The van der Waals surface area contributed by atoms with E-state index in [0.717, 1.165) is 49.6 Å². The fraction of sp³-hybridized carbons (Fsp3) is 0.409. The molecular formula is C22H29N3O2. The first kappa shape index (κ1) is 19.2. The van der Waals surface area contributed by atoms with Crippen LogP contribution in [0.15, 0.2) is 59.8 Å². The summed E-state index contributed by atoms with van der Waals surface area (Å²) in [6.45, 7) is 7.39. The maximum absolute atomic E-state index is 5.61. The van der Waals surface area contributed by atoms with Crippen molar-refractivity contribution in [3.05, 3.63) is 60.2 Å². The zero-order chi connectivity index (χ0) is 18.9. The van der Waals surface area contributed by atoms with Crippen molar-refractivity contribution >= 4 is 11.4 Å². The molecule has 144 valence electrons. The lowest BCUT2D eigenvalue weighted by atomic mass is 10.1. The van der Waals surface area contributed by atoms with E-state index in [2.05, 4.69) is 53.2 Å². The van der Waals surface area contributed by atoms with E-state index in [0.29, 0.717) is 13.2 Å². The lowest BCUT2D eigenvalue weighted by Crippen LogP contribution is -2.44. The van der Waals surface area contributed by atoms with Crippen LogP contribution in [0.25, 0.3) is 0 Å². The maximum Gasteiger partial charge on any atom is 0.151 e. The first-order valence-corrected chi connectivity index (χ1v) is 9.67. The SMILES string of the molecule is CC/C(=N\OCCOc1ccccc1)c1ccc(N2CCN(C)CC2)cc1. The first-order chi connectivity index (χ1) is 13.3. The molecule has 0 aliphatic carbocycles. The Balaban J connectivity index is 1.49. The second-order valence-electron chi connectivity index (χ2n) is 6.72. The molecule has 1 aliphatic rings. The van der Waals surface area contributed by atoms with Gasteiger partial charge in [-0.3, -0.25) is 0 Å². The van der Waals surface area contributed by atoms with Crippen molar-refractivity contribution in [2.24, 2.45) is 5.16 Å². The molecule has 3 rings (SSSR count). The van der Waals surface area contributed by atoms with E-state index in [4.69, 9.17) is 9.57 Å². The lowest BCUT2D eigenvalue weighted by Gasteiger charge is -2.34. The van der Waals surface area contributed by atoms with E-state index >= 15 is 0 Å². The Hall–Kier alpha value is -2.53. The van der Waals surface area contributed by atoms with E-state index in [-0.39, 0.29) is 0 Å². The van der Waals surface area contributed by atoms with Gasteiger partial charge in [0, 0.05) is 31.9 Å². The number of hydrogen-bond acceptors (Lipinski definition) is 5. The molecule has 1 aliphatic heterocycles. The molecule has 0 bridgehead atoms. The molecule has 1 heterocycles. The summed E-state index contributed by atoms with van der Waals surface area (Å²) in [5, 5.41) is 4.31. The van der Waals surface area contributed by atoms with Gasteiger partial charge in [-0.25, -0.2) is 0 Å². The molecule has 2 aromatic rings. The van der Waals surface area contributed by atoms with E-state index in [1.165, 1.54) is 5.69 Å². The van der Waals surface area contributed by atoms with Gasteiger partial charge in [0.25, 0.3) is 0 Å². The van der Waals surface area contributed by atoms with Crippen LogP contribution in [0.5, 0.6) is 5.75 Å². The topological polar surface area (TPSA) is 37.3 Å². The van der Waals surface area contributed by atoms with Gasteiger partial charge in [-0.15, -0.1) is 0 Å². The highest BCUT2D eigenvalue weighted by molar-refractivity contribution is 6.00. The van der Waals surface area contributed by atoms with Crippen LogP contribution in [0, 0.1) is 0 Å². The summed E-state index contributed by atoms with van der Waals surface area (Å²) in [4.78, 5) is 10.3. The van der Waals surface area contributed by atoms with Gasteiger partial charge in [0.2, 0.25) is 0 Å². The van der Waals surface area contributed by atoms with Crippen molar-refractivity contribution in [1.29, 1.82) is 0 Å². The van der Waals surface area contributed by atoms with Crippen LogP contribution < -0.4 is 9.64 Å². The minimum atomic E-state index is 0.428. The minimum Gasteiger partial charge on any atom is -0.490 e. The molecule has 0 unspecified atom stereocenters. The van der Waals surface area contributed by atoms with E-state index in [9.17, 15) is 0 Å². The van der Waals surface area contributed by atoms with E-state index in [1.807, 2.05) is 30.3 Å². The zero-order valence-electron chi connectivity index (χ0n) is 16.3. The largest absolute Gasteiger partial charge is 0.490 e. The van der Waals surface area contributed by atoms with Crippen LogP contribution >= 0.6 is 0 Å². The van der Waals surface area contributed by atoms with Crippen molar-refractivity contribution < 1.29 is 9.57 Å². The number of anilines is 1. The average Bonchev–Trinajstić information content (AvgIpc) is 2.72. The third-order valence-electron chi connectivity index (χ3n) is 4.77.